The van der Waals surface area contributed by atoms with Gasteiger partial charge < -0.3 is 39.4 Å². The molecular weight excluding hydrogens is 700 g/mol. The van der Waals surface area contributed by atoms with Crippen molar-refractivity contribution in [3.05, 3.63) is 0 Å². The summed E-state index contributed by atoms with van der Waals surface area (Å²) in [6.45, 7) is 40.5. The second kappa shape index (κ2) is 42.9. The highest BCUT2D eigenvalue weighted by atomic mass is 16.5. The molecule has 0 aliphatic carbocycles. The van der Waals surface area contributed by atoms with Crippen LogP contribution in [0.15, 0.2) is 0 Å². The van der Waals surface area contributed by atoms with E-state index < -0.39 is 11.4 Å². The summed E-state index contributed by atoms with van der Waals surface area (Å²) in [6, 6.07) is 0. The molecule has 0 fully saturated rings. The zero-order valence-corrected chi connectivity index (χ0v) is 40.9. The van der Waals surface area contributed by atoms with Crippen LogP contribution in [-0.2, 0) is 33.4 Å². The Kier molecular flexibility index (Phi) is 55.0. The van der Waals surface area contributed by atoms with Crippen molar-refractivity contribution in [2.24, 2.45) is 21.7 Å². The molecule has 11 heteroatoms. The Balaban J connectivity index is -0.0000000849. The first-order chi connectivity index (χ1) is 24.9. The molecule has 0 aromatic heterocycles. The Morgan fingerprint density at radius 2 is 0.764 bits per heavy atom. The number of hydrogen-bond acceptors (Lipinski definition) is 9. The molecule has 0 heterocycles. The fourth-order valence-corrected chi connectivity index (χ4v) is 3.00. The second-order valence-electron chi connectivity index (χ2n) is 15.3. The Bertz CT molecular complexity index is 835. The monoisotopic (exact) mass is 799 g/mol. The molecule has 0 radical (unpaired) electrons. The number of carbonyl (C=O) groups excluding carboxylic acids is 4. The number of carboxylic acids is 1. The van der Waals surface area contributed by atoms with E-state index in [9.17, 15) is 24.3 Å². The number of ether oxygens (including phenoxy) is 3. The first-order valence-corrected chi connectivity index (χ1v) is 21.2. The second-order valence-corrected chi connectivity index (χ2v) is 15.3. The fraction of sp³-hybridized carbons (Fsp3) is 0.909. The maximum atomic E-state index is 11.4. The summed E-state index contributed by atoms with van der Waals surface area (Å²) in [5.74, 6) is -1.16. The third-order valence-corrected chi connectivity index (χ3v) is 8.79. The first-order valence-electron chi connectivity index (χ1n) is 21.2. The van der Waals surface area contributed by atoms with Crippen LogP contribution in [-0.4, -0.2) is 90.5 Å². The summed E-state index contributed by atoms with van der Waals surface area (Å²) in [5.41, 5.74) is -1.58. The lowest BCUT2D eigenvalue weighted by molar-refractivity contribution is -0.858. The maximum Gasteiger partial charge on any atom is 0.311 e. The van der Waals surface area contributed by atoms with Crippen molar-refractivity contribution >= 4 is 23.9 Å². The van der Waals surface area contributed by atoms with Crippen LogP contribution in [0.4, 0.5) is 0 Å². The van der Waals surface area contributed by atoms with Gasteiger partial charge >= 0.3 is 17.9 Å². The van der Waals surface area contributed by atoms with Crippen LogP contribution in [0, 0.1) is 21.7 Å². The highest BCUT2D eigenvalue weighted by molar-refractivity contribution is 5.76. The lowest BCUT2D eigenvalue weighted by atomic mass is 9.83. The van der Waals surface area contributed by atoms with Crippen molar-refractivity contribution in [1.82, 2.24) is 0 Å². The van der Waals surface area contributed by atoms with Crippen LogP contribution in [0.3, 0.4) is 0 Å². The van der Waals surface area contributed by atoms with Crippen LogP contribution in [0.1, 0.15) is 183 Å². The van der Waals surface area contributed by atoms with Crippen LogP contribution in [0.25, 0.3) is 0 Å². The molecule has 11 nitrogen and oxygen atoms in total. The summed E-state index contributed by atoms with van der Waals surface area (Å²) in [6.07, 6.45) is 6.78. The SMILES string of the molecule is CC.CC.CC.CCC(C)(C)C(=O)OCC[NH+](C)C.CCC(C)(C)C(=O)OCC[NH+](C)C.CCCC(C)(CC)C(=O)[O-].CCCCOC(=O)C(C)(C)CC.[OH-]. The van der Waals surface area contributed by atoms with Gasteiger partial charge in [0.1, 0.15) is 26.3 Å². The van der Waals surface area contributed by atoms with E-state index in [-0.39, 0.29) is 39.6 Å². The van der Waals surface area contributed by atoms with Crippen molar-refractivity contribution in [2.75, 3.05) is 61.1 Å². The van der Waals surface area contributed by atoms with Crippen LogP contribution < -0.4 is 14.9 Å². The van der Waals surface area contributed by atoms with Gasteiger partial charge in [-0.2, -0.15) is 0 Å². The van der Waals surface area contributed by atoms with Crippen molar-refractivity contribution in [1.29, 1.82) is 0 Å². The minimum Gasteiger partial charge on any atom is -0.870 e. The van der Waals surface area contributed by atoms with Crippen molar-refractivity contribution in [3.8, 4) is 0 Å². The summed E-state index contributed by atoms with van der Waals surface area (Å²) in [7, 11) is 8.16. The molecule has 338 valence electrons. The number of nitrogens with one attached hydrogen (secondary N) is 2. The normalized spacial score (nSPS) is 11.4. The van der Waals surface area contributed by atoms with Gasteiger partial charge in [0.05, 0.1) is 51.0 Å². The molecule has 3 N–H and O–H groups in total. The molecule has 1 unspecified atom stereocenters. The van der Waals surface area contributed by atoms with Gasteiger partial charge in [-0.1, -0.05) is 103 Å². The van der Waals surface area contributed by atoms with Gasteiger partial charge in [0, 0.05) is 11.4 Å². The average Bonchev–Trinajstić information content (AvgIpc) is 3.14. The zero-order chi connectivity index (χ0) is 44.8. The molecular formula is C44H98N2O9. The number of unbranched alkanes of at least 4 members (excludes halogenated alkanes) is 1. The van der Waals surface area contributed by atoms with E-state index in [2.05, 4.69) is 6.92 Å². The van der Waals surface area contributed by atoms with E-state index in [1.807, 2.05) is 146 Å². The maximum absolute atomic E-state index is 11.4. The molecule has 0 aromatic rings. The molecule has 0 saturated carbocycles. The number of esters is 3. The molecule has 0 aliphatic rings. The summed E-state index contributed by atoms with van der Waals surface area (Å²) in [4.78, 5) is 47.4. The van der Waals surface area contributed by atoms with Crippen LogP contribution >= 0.6 is 0 Å². The quantitative estimate of drug-likeness (QED) is 0.0811. The predicted molar refractivity (Wildman–Crippen MR) is 230 cm³/mol. The molecule has 1 atom stereocenters. The molecule has 0 bridgehead atoms. The van der Waals surface area contributed by atoms with E-state index in [0.29, 0.717) is 32.7 Å². The summed E-state index contributed by atoms with van der Waals surface area (Å²) in [5, 5.41) is 10.5. The van der Waals surface area contributed by atoms with Gasteiger partial charge in [0.2, 0.25) is 0 Å². The van der Waals surface area contributed by atoms with E-state index in [4.69, 9.17) is 14.2 Å². The van der Waals surface area contributed by atoms with Crippen LogP contribution in [0.2, 0.25) is 0 Å². The number of likely N-dealkylation sites (N-methyl/N-ethyl adjacent to an activating group) is 2. The minimum atomic E-state index is -0.920. The third-order valence-electron chi connectivity index (χ3n) is 8.79. The van der Waals surface area contributed by atoms with Gasteiger partial charge in [-0.3, -0.25) is 14.4 Å². The van der Waals surface area contributed by atoms with Crippen LogP contribution in [0.5, 0.6) is 0 Å². The smallest absolute Gasteiger partial charge is 0.311 e. The van der Waals surface area contributed by atoms with Gasteiger partial charge in [-0.05, 0) is 80.1 Å². The summed E-state index contributed by atoms with van der Waals surface area (Å²) >= 11 is 0. The topological polar surface area (TPSA) is 158 Å². The van der Waals surface area contributed by atoms with Gasteiger partial charge in [-0.15, -0.1) is 0 Å². The highest BCUT2D eigenvalue weighted by Crippen LogP contribution is 2.26. The Morgan fingerprint density at radius 3 is 0.927 bits per heavy atom. The molecule has 0 rings (SSSR count). The zero-order valence-electron chi connectivity index (χ0n) is 40.9. The van der Waals surface area contributed by atoms with Gasteiger partial charge in [-0.25, -0.2) is 0 Å². The molecule has 0 aliphatic heterocycles. The number of quaternary nitrogens is 2. The minimum absolute atomic E-state index is 0. The van der Waals surface area contributed by atoms with E-state index in [1.54, 1.807) is 6.92 Å². The standard InChI is InChI=1S/2C10H21NO2.C10H20O2.C8H16O2.3C2H6.H2O/c2*1-6-10(2,3)9(12)13-8-7-11(4)5;1-5-7-8-12-9(11)10(3,4)6-2;1-4-6-8(3,5-2)7(9)10;3*1-2;/h2*6-8H2,1-5H3;5-8H2,1-4H3;4-6H2,1-3H3,(H,9,10);3*1-2H3;1H2. The van der Waals surface area contributed by atoms with E-state index in [1.165, 1.54) is 9.80 Å². The lowest BCUT2D eigenvalue weighted by Gasteiger charge is -2.28. The molecule has 0 amide bonds. The summed E-state index contributed by atoms with van der Waals surface area (Å²) < 4.78 is 15.4. The van der Waals surface area contributed by atoms with Crippen molar-refractivity contribution in [3.63, 3.8) is 0 Å². The highest BCUT2D eigenvalue weighted by Gasteiger charge is 2.28. The molecule has 0 aromatic carbocycles. The fourth-order valence-electron chi connectivity index (χ4n) is 3.00. The number of carbonyl (C=O) groups is 4. The van der Waals surface area contributed by atoms with Crippen molar-refractivity contribution < 1.29 is 53.8 Å². The number of aliphatic carboxylic acids is 1. The first kappa shape index (κ1) is 70.6. The predicted octanol–water partition coefficient (Wildman–Crippen LogP) is 6.84. The molecule has 0 saturated heterocycles. The average molecular weight is 799 g/mol. The Hall–Kier alpha value is -2.24. The van der Waals surface area contributed by atoms with E-state index >= 15 is 0 Å². The Morgan fingerprint density at radius 1 is 0.491 bits per heavy atom. The number of rotatable bonds is 19. The van der Waals surface area contributed by atoms with E-state index in [0.717, 1.165) is 51.6 Å². The van der Waals surface area contributed by atoms with Gasteiger partial charge in [0.15, 0.2) is 0 Å². The molecule has 0 spiro atoms. The third kappa shape index (κ3) is 42.7. The lowest BCUT2D eigenvalue weighted by Crippen LogP contribution is -3.06. The molecule has 55 heavy (non-hydrogen) atoms. The Labute approximate surface area is 342 Å². The van der Waals surface area contributed by atoms with Crippen molar-refractivity contribution in [2.45, 2.75) is 183 Å². The number of hydrogen-bond donors (Lipinski definition) is 2. The largest absolute Gasteiger partial charge is 0.870 e. The number of carboxylic acid groups (broad SMARTS) is 1. The van der Waals surface area contributed by atoms with Gasteiger partial charge in [0.25, 0.3) is 0 Å².